The molecule has 1 aliphatic rings. The molecule has 0 radical (unpaired) electrons. The highest BCUT2D eigenvalue weighted by Gasteiger charge is 2.19. The topological polar surface area (TPSA) is 65.4 Å². The normalized spacial score (nSPS) is 13.3. The molecule has 1 N–H and O–H groups in total. The molecule has 0 saturated heterocycles. The van der Waals surface area contributed by atoms with Crippen molar-refractivity contribution >= 4 is 5.91 Å². The van der Waals surface area contributed by atoms with Gasteiger partial charge in [-0.3, -0.25) is 9.48 Å². The van der Waals surface area contributed by atoms with Crippen LogP contribution in [0.4, 0.5) is 0 Å². The minimum Gasteiger partial charge on any atom is -0.490 e. The molecular weight excluding hydrogens is 330 g/mol. The first-order valence-electron chi connectivity index (χ1n) is 9.41. The lowest BCUT2D eigenvalue weighted by molar-refractivity contribution is 0.0953. The third-order valence-corrected chi connectivity index (χ3v) is 4.41. The highest BCUT2D eigenvalue weighted by atomic mass is 16.5. The number of benzene rings is 1. The second-order valence-corrected chi connectivity index (χ2v) is 6.59. The second-order valence-electron chi connectivity index (χ2n) is 6.59. The first-order chi connectivity index (χ1) is 12.7. The highest BCUT2D eigenvalue weighted by molar-refractivity contribution is 5.99. The van der Waals surface area contributed by atoms with E-state index in [2.05, 4.69) is 17.3 Å². The number of nitrogens with one attached hydrogen (secondary N) is 1. The van der Waals surface area contributed by atoms with Crippen LogP contribution in [0, 0.1) is 0 Å². The maximum absolute atomic E-state index is 12.6. The van der Waals surface area contributed by atoms with Gasteiger partial charge in [-0.05, 0) is 24.6 Å². The van der Waals surface area contributed by atoms with E-state index in [-0.39, 0.29) is 5.91 Å². The molecule has 26 heavy (non-hydrogen) atoms. The van der Waals surface area contributed by atoms with E-state index < -0.39 is 0 Å². The summed E-state index contributed by atoms with van der Waals surface area (Å²) in [5.41, 5.74) is 2.10. The van der Waals surface area contributed by atoms with E-state index >= 15 is 0 Å². The Kier molecular flexibility index (Phi) is 6.15. The van der Waals surface area contributed by atoms with Crippen LogP contribution in [0.3, 0.4) is 0 Å². The molecule has 6 nitrogen and oxygen atoms in total. The predicted molar refractivity (Wildman–Crippen MR) is 101 cm³/mol. The van der Waals surface area contributed by atoms with Crippen LogP contribution in [-0.4, -0.2) is 35.4 Å². The number of rotatable bonds is 7. The van der Waals surface area contributed by atoms with Crippen LogP contribution < -0.4 is 14.8 Å². The smallest absolute Gasteiger partial charge is 0.255 e. The van der Waals surface area contributed by atoms with E-state index in [4.69, 9.17) is 9.47 Å². The van der Waals surface area contributed by atoms with Crippen LogP contribution in [0.15, 0.2) is 24.4 Å². The first kappa shape index (κ1) is 18.3. The number of ether oxygens (including phenoxy) is 2. The molecule has 140 valence electrons. The van der Waals surface area contributed by atoms with Crippen molar-refractivity contribution in [1.82, 2.24) is 15.1 Å². The van der Waals surface area contributed by atoms with Crippen LogP contribution >= 0.6 is 0 Å². The number of aromatic nitrogens is 2. The van der Waals surface area contributed by atoms with Crippen LogP contribution in [0.5, 0.6) is 11.5 Å². The van der Waals surface area contributed by atoms with Crippen LogP contribution in [0.1, 0.15) is 49.4 Å². The van der Waals surface area contributed by atoms with Crippen LogP contribution in [0.2, 0.25) is 0 Å². The lowest BCUT2D eigenvalue weighted by Crippen LogP contribution is -2.24. The summed E-state index contributed by atoms with van der Waals surface area (Å²) in [4.78, 5) is 12.6. The number of hydrogen-bond acceptors (Lipinski definition) is 4. The molecule has 0 fully saturated rings. The quantitative estimate of drug-likeness (QED) is 0.770. The molecule has 0 bridgehead atoms. The van der Waals surface area contributed by atoms with Crippen molar-refractivity contribution in [1.29, 1.82) is 0 Å². The molecule has 1 amide bonds. The van der Waals surface area contributed by atoms with Crippen molar-refractivity contribution in [3.63, 3.8) is 0 Å². The Morgan fingerprint density at radius 1 is 1.19 bits per heavy atom. The third-order valence-electron chi connectivity index (χ3n) is 4.41. The zero-order chi connectivity index (χ0) is 18.4. The summed E-state index contributed by atoms with van der Waals surface area (Å²) in [6.07, 6.45) is 7.15. The minimum atomic E-state index is -0.0864. The monoisotopic (exact) mass is 357 g/mol. The Labute approximate surface area is 154 Å². The summed E-state index contributed by atoms with van der Waals surface area (Å²) in [5, 5.41) is 7.50. The summed E-state index contributed by atoms with van der Waals surface area (Å²) in [6.45, 7) is 4.15. The first-order valence-corrected chi connectivity index (χ1v) is 9.41. The van der Waals surface area contributed by atoms with Gasteiger partial charge < -0.3 is 14.8 Å². The van der Waals surface area contributed by atoms with Gasteiger partial charge in [0.2, 0.25) is 0 Å². The van der Waals surface area contributed by atoms with E-state index in [0.717, 1.165) is 30.6 Å². The zero-order valence-corrected chi connectivity index (χ0v) is 15.6. The molecule has 0 spiro atoms. The number of nitrogens with zero attached hydrogens (tertiary/aromatic N) is 2. The van der Waals surface area contributed by atoms with Crippen molar-refractivity contribution < 1.29 is 14.3 Å². The fraction of sp³-hybridized carbons (Fsp3) is 0.500. The number of aryl methyl sites for hydroxylation is 1. The molecule has 0 aliphatic carbocycles. The molecule has 2 heterocycles. The van der Waals surface area contributed by atoms with Crippen molar-refractivity contribution in [2.24, 2.45) is 7.05 Å². The van der Waals surface area contributed by atoms with Crippen molar-refractivity contribution in [2.45, 2.75) is 39.0 Å². The molecule has 0 unspecified atom stereocenters. The van der Waals surface area contributed by atoms with Gasteiger partial charge in [0.05, 0.1) is 18.8 Å². The Morgan fingerprint density at radius 3 is 2.81 bits per heavy atom. The number of amides is 1. The SMILES string of the molecule is CCCCCCNC(=O)c1cn(C)nc1-c1ccc2c(c1)OCCCO2. The van der Waals surface area contributed by atoms with E-state index in [0.29, 0.717) is 36.8 Å². The highest BCUT2D eigenvalue weighted by Crippen LogP contribution is 2.34. The Bertz CT molecular complexity index is 755. The van der Waals surface area contributed by atoms with Crippen LogP contribution in [-0.2, 0) is 7.05 Å². The number of hydrogen-bond donors (Lipinski definition) is 1. The summed E-state index contributed by atoms with van der Waals surface area (Å²) in [6, 6.07) is 5.71. The predicted octanol–water partition coefficient (Wildman–Crippen LogP) is 3.56. The van der Waals surface area contributed by atoms with Crippen molar-refractivity contribution in [2.75, 3.05) is 19.8 Å². The van der Waals surface area contributed by atoms with E-state index in [1.807, 2.05) is 25.2 Å². The summed E-state index contributed by atoms with van der Waals surface area (Å²) in [7, 11) is 1.82. The van der Waals surface area contributed by atoms with E-state index in [9.17, 15) is 4.79 Å². The summed E-state index contributed by atoms with van der Waals surface area (Å²) < 4.78 is 13.1. The van der Waals surface area contributed by atoms with Gasteiger partial charge in [0, 0.05) is 31.8 Å². The molecule has 3 rings (SSSR count). The van der Waals surface area contributed by atoms with Gasteiger partial charge in [0.25, 0.3) is 5.91 Å². The summed E-state index contributed by atoms with van der Waals surface area (Å²) >= 11 is 0. The van der Waals surface area contributed by atoms with E-state index in [1.165, 1.54) is 12.8 Å². The van der Waals surface area contributed by atoms with Gasteiger partial charge in [-0.25, -0.2) is 0 Å². The van der Waals surface area contributed by atoms with Gasteiger partial charge in [-0.1, -0.05) is 26.2 Å². The van der Waals surface area contributed by atoms with Crippen molar-refractivity contribution in [3.8, 4) is 22.8 Å². The Balaban J connectivity index is 1.76. The Morgan fingerprint density at radius 2 is 2.00 bits per heavy atom. The number of unbranched alkanes of at least 4 members (excludes halogenated alkanes) is 3. The summed E-state index contributed by atoms with van der Waals surface area (Å²) in [5.74, 6) is 1.36. The fourth-order valence-electron chi connectivity index (χ4n) is 3.03. The van der Waals surface area contributed by atoms with Gasteiger partial charge in [-0.15, -0.1) is 0 Å². The molecule has 1 aliphatic heterocycles. The van der Waals surface area contributed by atoms with Crippen molar-refractivity contribution in [3.05, 3.63) is 30.0 Å². The maximum atomic E-state index is 12.6. The number of fused-ring (bicyclic) bond motifs is 1. The van der Waals surface area contributed by atoms with Crippen LogP contribution in [0.25, 0.3) is 11.3 Å². The van der Waals surface area contributed by atoms with E-state index in [1.54, 1.807) is 10.9 Å². The zero-order valence-electron chi connectivity index (χ0n) is 15.6. The molecule has 0 atom stereocenters. The largest absolute Gasteiger partial charge is 0.490 e. The van der Waals surface area contributed by atoms with Gasteiger partial charge >= 0.3 is 0 Å². The molecule has 2 aromatic rings. The lowest BCUT2D eigenvalue weighted by atomic mass is 10.1. The average molecular weight is 357 g/mol. The average Bonchev–Trinajstić information content (AvgIpc) is 2.88. The van der Waals surface area contributed by atoms with Gasteiger partial charge in [0.1, 0.15) is 5.69 Å². The van der Waals surface area contributed by atoms with Gasteiger partial charge in [-0.2, -0.15) is 5.10 Å². The molecule has 0 saturated carbocycles. The lowest BCUT2D eigenvalue weighted by Gasteiger charge is -2.09. The third kappa shape index (κ3) is 4.36. The minimum absolute atomic E-state index is 0.0864. The fourth-order valence-corrected chi connectivity index (χ4v) is 3.03. The molecule has 6 heteroatoms. The standard InChI is InChI=1S/C20H27N3O3/c1-3-4-5-6-10-21-20(24)16-14-23(2)22-19(16)15-8-9-17-18(13-15)26-12-7-11-25-17/h8-9,13-14H,3-7,10-12H2,1-2H3,(H,21,24). The Hall–Kier alpha value is -2.50. The number of carbonyl (C=O) groups is 1. The number of carbonyl (C=O) groups excluding carboxylic acids is 1. The molecule has 1 aromatic carbocycles. The second kappa shape index (κ2) is 8.74. The maximum Gasteiger partial charge on any atom is 0.255 e. The molecule has 1 aromatic heterocycles. The van der Waals surface area contributed by atoms with Gasteiger partial charge in [0.15, 0.2) is 11.5 Å². The molecular formula is C20H27N3O3.